The molecule has 0 amide bonds. The summed E-state index contributed by atoms with van der Waals surface area (Å²) in [6.45, 7) is 1.96. The molecule has 1 unspecified atom stereocenters. The second-order valence-corrected chi connectivity index (χ2v) is 7.36. The first-order valence-corrected chi connectivity index (χ1v) is 9.77. The van der Waals surface area contributed by atoms with Gasteiger partial charge in [0.25, 0.3) is 5.24 Å². The maximum atomic E-state index is 13.6. The standard InChI is InChI=1S/C19H19ClF2N6O2/c20-17(29)15-1-3-23-18(25-15)26-5-7-27(8-6-26)19(30)28-16(2-4-24-28)12-9-13(21)11-14(22)10-12/h1,3-4,9-11,16,19,30H,2,5-8H2/t16-,19?/m0/s1. The van der Waals surface area contributed by atoms with Crippen LogP contribution in [-0.4, -0.2) is 69.0 Å². The Balaban J connectivity index is 1.42. The first-order valence-electron chi connectivity index (χ1n) is 9.39. The Morgan fingerprint density at radius 1 is 1.17 bits per heavy atom. The van der Waals surface area contributed by atoms with Crippen LogP contribution in [0, 0.1) is 11.6 Å². The van der Waals surface area contributed by atoms with Gasteiger partial charge in [-0.3, -0.25) is 9.69 Å². The van der Waals surface area contributed by atoms with Crippen molar-refractivity contribution in [2.24, 2.45) is 5.10 Å². The number of rotatable bonds is 5. The Kier molecular flexibility index (Phi) is 5.89. The van der Waals surface area contributed by atoms with Crippen molar-refractivity contribution >= 4 is 29.0 Å². The zero-order valence-electron chi connectivity index (χ0n) is 15.8. The Morgan fingerprint density at radius 2 is 1.87 bits per heavy atom. The fourth-order valence-corrected chi connectivity index (χ4v) is 3.74. The number of nitrogens with zero attached hydrogens (tertiary/aromatic N) is 6. The molecule has 1 saturated heterocycles. The summed E-state index contributed by atoms with van der Waals surface area (Å²) in [5, 5.41) is 15.9. The summed E-state index contributed by atoms with van der Waals surface area (Å²) in [6.07, 6.45) is 2.47. The van der Waals surface area contributed by atoms with Crippen LogP contribution >= 0.6 is 11.6 Å². The van der Waals surface area contributed by atoms with E-state index in [1.54, 1.807) is 11.1 Å². The van der Waals surface area contributed by atoms with Crippen LogP contribution in [0.4, 0.5) is 14.7 Å². The van der Waals surface area contributed by atoms with Gasteiger partial charge in [0, 0.05) is 51.1 Å². The number of piperazine rings is 1. The zero-order chi connectivity index (χ0) is 21.3. The van der Waals surface area contributed by atoms with E-state index in [2.05, 4.69) is 15.1 Å². The van der Waals surface area contributed by atoms with Crippen molar-refractivity contribution in [2.45, 2.75) is 18.8 Å². The Morgan fingerprint density at radius 3 is 2.53 bits per heavy atom. The van der Waals surface area contributed by atoms with Gasteiger partial charge in [0.1, 0.15) is 17.3 Å². The van der Waals surface area contributed by atoms with Crippen molar-refractivity contribution in [1.29, 1.82) is 0 Å². The quantitative estimate of drug-likeness (QED) is 0.717. The number of aliphatic hydroxyl groups excluding tert-OH is 1. The van der Waals surface area contributed by atoms with Crippen LogP contribution < -0.4 is 4.90 Å². The topological polar surface area (TPSA) is 85.2 Å². The van der Waals surface area contributed by atoms with Crippen LogP contribution in [0.3, 0.4) is 0 Å². The SMILES string of the molecule is O=C(Cl)c1ccnc(N2CCN(C(O)N3N=CC[C@H]3c3cc(F)cc(F)c3)CC2)n1. The van der Waals surface area contributed by atoms with Crippen molar-refractivity contribution in [3.05, 3.63) is 53.4 Å². The summed E-state index contributed by atoms with van der Waals surface area (Å²) in [5.74, 6) is -0.946. The van der Waals surface area contributed by atoms with Crippen LogP contribution in [0.5, 0.6) is 0 Å². The highest BCUT2D eigenvalue weighted by molar-refractivity contribution is 6.67. The molecule has 2 aliphatic heterocycles. The highest BCUT2D eigenvalue weighted by Crippen LogP contribution is 2.31. The first kappa shape index (κ1) is 20.6. The van der Waals surface area contributed by atoms with Gasteiger partial charge >= 0.3 is 0 Å². The van der Waals surface area contributed by atoms with Gasteiger partial charge in [0.05, 0.1) is 6.04 Å². The minimum atomic E-state index is -1.06. The molecule has 1 fully saturated rings. The lowest BCUT2D eigenvalue weighted by molar-refractivity contribution is -0.126. The van der Waals surface area contributed by atoms with E-state index in [9.17, 15) is 18.7 Å². The second kappa shape index (κ2) is 8.58. The highest BCUT2D eigenvalue weighted by atomic mass is 35.5. The normalized spacial score (nSPS) is 20.6. The monoisotopic (exact) mass is 436 g/mol. The molecule has 4 rings (SSSR count). The third-order valence-corrected chi connectivity index (χ3v) is 5.33. The van der Waals surface area contributed by atoms with Crippen molar-refractivity contribution in [3.8, 4) is 0 Å². The fourth-order valence-electron chi connectivity index (χ4n) is 3.64. The number of carbonyl (C=O) groups is 1. The number of hydrogen-bond acceptors (Lipinski definition) is 8. The van der Waals surface area contributed by atoms with E-state index in [4.69, 9.17) is 11.6 Å². The van der Waals surface area contributed by atoms with Crippen LogP contribution in [0.1, 0.15) is 28.5 Å². The average molecular weight is 437 g/mol. The van der Waals surface area contributed by atoms with E-state index in [0.717, 1.165) is 6.07 Å². The molecule has 2 aromatic rings. The number of aliphatic hydroxyl groups is 1. The summed E-state index contributed by atoms with van der Waals surface area (Å²) in [6, 6.07) is 4.30. The minimum absolute atomic E-state index is 0.126. The third kappa shape index (κ3) is 4.25. The van der Waals surface area contributed by atoms with Gasteiger partial charge in [0.2, 0.25) is 12.3 Å². The Bertz CT molecular complexity index is 950. The van der Waals surface area contributed by atoms with E-state index in [1.807, 2.05) is 4.90 Å². The third-order valence-electron chi connectivity index (χ3n) is 5.14. The molecule has 2 atom stereocenters. The van der Waals surface area contributed by atoms with Gasteiger partial charge in [-0.15, -0.1) is 0 Å². The molecular formula is C19H19ClF2N6O2. The molecule has 0 saturated carbocycles. The second-order valence-electron chi connectivity index (χ2n) is 7.02. The molecule has 0 spiro atoms. The summed E-state index contributed by atoms with van der Waals surface area (Å²) in [7, 11) is 0. The van der Waals surface area contributed by atoms with Crippen LogP contribution in [0.2, 0.25) is 0 Å². The van der Waals surface area contributed by atoms with Gasteiger partial charge in [-0.1, -0.05) is 0 Å². The largest absolute Gasteiger partial charge is 0.360 e. The van der Waals surface area contributed by atoms with Crippen LogP contribution in [-0.2, 0) is 0 Å². The number of hydrazone groups is 1. The first-order chi connectivity index (χ1) is 14.4. The molecular weight excluding hydrogens is 418 g/mol. The van der Waals surface area contributed by atoms with Crippen molar-refractivity contribution < 1.29 is 18.7 Å². The molecule has 158 valence electrons. The maximum Gasteiger partial charge on any atom is 0.271 e. The molecule has 0 bridgehead atoms. The Labute approximate surface area is 176 Å². The smallest absolute Gasteiger partial charge is 0.271 e. The lowest BCUT2D eigenvalue weighted by Crippen LogP contribution is -2.55. The maximum absolute atomic E-state index is 13.6. The molecule has 1 aromatic carbocycles. The van der Waals surface area contributed by atoms with E-state index in [1.165, 1.54) is 29.4 Å². The van der Waals surface area contributed by atoms with Gasteiger partial charge in [-0.2, -0.15) is 5.10 Å². The molecule has 0 aliphatic carbocycles. The van der Waals surface area contributed by atoms with Gasteiger partial charge in [0.15, 0.2) is 0 Å². The minimum Gasteiger partial charge on any atom is -0.360 e. The Hall–Kier alpha value is -2.69. The zero-order valence-corrected chi connectivity index (χ0v) is 16.6. The number of hydrogen-bond donors (Lipinski definition) is 1. The molecule has 1 N–H and O–H groups in total. The lowest BCUT2D eigenvalue weighted by atomic mass is 10.0. The molecule has 2 aliphatic rings. The van der Waals surface area contributed by atoms with E-state index in [-0.39, 0.29) is 5.69 Å². The van der Waals surface area contributed by atoms with Crippen LogP contribution in [0.15, 0.2) is 35.6 Å². The van der Waals surface area contributed by atoms with Crippen molar-refractivity contribution in [2.75, 3.05) is 31.1 Å². The predicted octanol–water partition coefficient (Wildman–Crippen LogP) is 1.96. The van der Waals surface area contributed by atoms with Gasteiger partial charge in [-0.25, -0.2) is 23.8 Å². The van der Waals surface area contributed by atoms with Crippen molar-refractivity contribution in [1.82, 2.24) is 19.9 Å². The van der Waals surface area contributed by atoms with Crippen LogP contribution in [0.25, 0.3) is 0 Å². The predicted molar refractivity (Wildman–Crippen MR) is 106 cm³/mol. The highest BCUT2D eigenvalue weighted by Gasteiger charge is 2.34. The molecule has 11 heteroatoms. The summed E-state index contributed by atoms with van der Waals surface area (Å²) >= 11 is 5.48. The number of halogens is 3. The number of carbonyl (C=O) groups excluding carboxylic acids is 1. The molecule has 0 radical (unpaired) electrons. The van der Waals surface area contributed by atoms with E-state index >= 15 is 0 Å². The average Bonchev–Trinajstić information content (AvgIpc) is 3.23. The molecule has 3 heterocycles. The number of aromatic nitrogens is 2. The molecule has 1 aromatic heterocycles. The van der Waals surface area contributed by atoms with Gasteiger partial charge < -0.3 is 10.0 Å². The van der Waals surface area contributed by atoms with Crippen molar-refractivity contribution in [3.63, 3.8) is 0 Å². The number of anilines is 1. The van der Waals surface area contributed by atoms with Gasteiger partial charge in [-0.05, 0) is 35.4 Å². The van der Waals surface area contributed by atoms with E-state index < -0.39 is 29.3 Å². The number of benzene rings is 1. The summed E-state index contributed by atoms with van der Waals surface area (Å²) in [5.41, 5.74) is 0.541. The molecule has 8 nitrogen and oxygen atoms in total. The molecule has 30 heavy (non-hydrogen) atoms. The summed E-state index contributed by atoms with van der Waals surface area (Å²) < 4.78 is 27.3. The van der Waals surface area contributed by atoms with E-state index in [0.29, 0.717) is 44.1 Å². The fraction of sp³-hybridized carbons (Fsp3) is 0.368. The lowest BCUT2D eigenvalue weighted by Gasteiger charge is -2.41. The summed E-state index contributed by atoms with van der Waals surface area (Å²) in [4.78, 5) is 23.3.